The molecule has 1 saturated heterocycles. The zero-order chi connectivity index (χ0) is 19.5. The number of nitrogens with zero attached hydrogens (tertiary/aromatic N) is 3. The van der Waals surface area contributed by atoms with E-state index in [9.17, 15) is 9.59 Å². The zero-order valence-corrected chi connectivity index (χ0v) is 15.6. The van der Waals surface area contributed by atoms with E-state index in [-0.39, 0.29) is 23.1 Å². The molecule has 0 saturated carbocycles. The summed E-state index contributed by atoms with van der Waals surface area (Å²) in [4.78, 5) is 27.2. The van der Waals surface area contributed by atoms with Gasteiger partial charge in [-0.2, -0.15) is 5.10 Å². The fraction of sp³-hybridized carbons (Fsp3) is 0.227. The van der Waals surface area contributed by atoms with E-state index in [1.807, 2.05) is 60.7 Å². The van der Waals surface area contributed by atoms with Gasteiger partial charge in [-0.15, -0.1) is 0 Å². The summed E-state index contributed by atoms with van der Waals surface area (Å²) >= 11 is 0. The van der Waals surface area contributed by atoms with Crippen LogP contribution in [-0.2, 0) is 4.74 Å². The number of aryl methyl sites for hydroxylation is 1. The van der Waals surface area contributed by atoms with Gasteiger partial charge in [-0.3, -0.25) is 9.59 Å². The van der Waals surface area contributed by atoms with Crippen molar-refractivity contribution in [3.8, 4) is 5.69 Å². The number of carbonyl (C=O) groups excluding carboxylic acids is 1. The second-order valence-electron chi connectivity index (χ2n) is 6.77. The molecule has 1 aliphatic heterocycles. The van der Waals surface area contributed by atoms with Crippen LogP contribution in [-0.4, -0.2) is 40.3 Å². The van der Waals surface area contributed by atoms with Gasteiger partial charge in [-0.1, -0.05) is 48.5 Å². The van der Waals surface area contributed by atoms with Crippen LogP contribution in [0.2, 0.25) is 0 Å². The molecule has 0 N–H and O–H groups in total. The number of benzene rings is 2. The maximum absolute atomic E-state index is 13.1. The minimum Gasteiger partial charge on any atom is -0.370 e. The number of ether oxygens (including phenoxy) is 1. The number of morpholine rings is 1. The Balaban J connectivity index is 1.63. The van der Waals surface area contributed by atoms with Gasteiger partial charge in [0.05, 0.1) is 18.8 Å². The predicted octanol–water partition coefficient (Wildman–Crippen LogP) is 2.75. The lowest BCUT2D eigenvalue weighted by Gasteiger charge is -2.33. The van der Waals surface area contributed by atoms with E-state index in [1.165, 1.54) is 6.07 Å². The molecular formula is C22H21N3O3. The Labute approximate surface area is 163 Å². The molecule has 1 unspecified atom stereocenters. The van der Waals surface area contributed by atoms with Gasteiger partial charge >= 0.3 is 0 Å². The van der Waals surface area contributed by atoms with Gasteiger partial charge in [0.15, 0.2) is 5.69 Å². The summed E-state index contributed by atoms with van der Waals surface area (Å²) in [6, 6.07) is 20.7. The van der Waals surface area contributed by atoms with Crippen molar-refractivity contribution < 1.29 is 9.53 Å². The predicted molar refractivity (Wildman–Crippen MR) is 106 cm³/mol. The van der Waals surface area contributed by atoms with Crippen molar-refractivity contribution in [1.82, 2.24) is 14.7 Å². The Kier molecular flexibility index (Phi) is 5.04. The highest BCUT2D eigenvalue weighted by Crippen LogP contribution is 2.22. The molecular weight excluding hydrogens is 354 g/mol. The van der Waals surface area contributed by atoms with Crippen molar-refractivity contribution in [3.05, 3.63) is 93.9 Å². The first kappa shape index (κ1) is 18.1. The summed E-state index contributed by atoms with van der Waals surface area (Å²) in [6.07, 6.45) is -0.208. The van der Waals surface area contributed by atoms with Crippen LogP contribution in [0, 0.1) is 6.92 Å². The molecule has 2 aromatic carbocycles. The van der Waals surface area contributed by atoms with Gasteiger partial charge in [0, 0.05) is 18.3 Å². The van der Waals surface area contributed by atoms with Crippen molar-refractivity contribution in [2.75, 3.05) is 19.7 Å². The third kappa shape index (κ3) is 3.59. The van der Waals surface area contributed by atoms with Gasteiger partial charge in [0.2, 0.25) is 5.43 Å². The molecule has 4 rings (SSSR count). The Bertz CT molecular complexity index is 1030. The van der Waals surface area contributed by atoms with Crippen LogP contribution in [0.5, 0.6) is 0 Å². The lowest BCUT2D eigenvalue weighted by atomic mass is 10.1. The first-order chi connectivity index (χ1) is 13.6. The maximum Gasteiger partial charge on any atom is 0.278 e. The highest BCUT2D eigenvalue weighted by molar-refractivity contribution is 5.92. The molecule has 1 atom stereocenters. The minimum absolute atomic E-state index is 0.0665. The topological polar surface area (TPSA) is 64.4 Å². The first-order valence-corrected chi connectivity index (χ1v) is 9.26. The monoisotopic (exact) mass is 375 g/mol. The normalized spacial score (nSPS) is 16.8. The second-order valence-corrected chi connectivity index (χ2v) is 6.77. The number of hydrogen-bond acceptors (Lipinski definition) is 4. The third-order valence-corrected chi connectivity index (χ3v) is 4.84. The Morgan fingerprint density at radius 3 is 2.46 bits per heavy atom. The van der Waals surface area contributed by atoms with Crippen molar-refractivity contribution >= 4 is 5.91 Å². The van der Waals surface area contributed by atoms with Gasteiger partial charge in [0.1, 0.15) is 6.10 Å². The summed E-state index contributed by atoms with van der Waals surface area (Å²) in [5, 5.41) is 4.39. The minimum atomic E-state index is -0.363. The SMILES string of the molecule is Cc1cc(=O)c(C(=O)N2CCOC(c3ccccc3)C2)nn1-c1ccccc1. The number of para-hydroxylation sites is 1. The molecule has 0 bridgehead atoms. The highest BCUT2D eigenvalue weighted by Gasteiger charge is 2.28. The summed E-state index contributed by atoms with van der Waals surface area (Å²) in [5.74, 6) is -0.362. The quantitative estimate of drug-likeness (QED) is 0.706. The average Bonchev–Trinajstić information content (AvgIpc) is 2.75. The van der Waals surface area contributed by atoms with Gasteiger partial charge in [-0.05, 0) is 24.6 Å². The number of hydrogen-bond donors (Lipinski definition) is 0. The third-order valence-electron chi connectivity index (χ3n) is 4.84. The highest BCUT2D eigenvalue weighted by atomic mass is 16.5. The summed E-state index contributed by atoms with van der Waals surface area (Å²) in [5.41, 5.74) is 2.06. The Morgan fingerprint density at radius 1 is 1.07 bits per heavy atom. The van der Waals surface area contributed by atoms with E-state index >= 15 is 0 Å². The average molecular weight is 375 g/mol. The van der Waals surface area contributed by atoms with Crippen molar-refractivity contribution in [3.63, 3.8) is 0 Å². The van der Waals surface area contributed by atoms with E-state index in [4.69, 9.17) is 4.74 Å². The molecule has 1 aliphatic rings. The molecule has 28 heavy (non-hydrogen) atoms. The largest absolute Gasteiger partial charge is 0.370 e. The van der Waals surface area contributed by atoms with E-state index in [2.05, 4.69) is 5.10 Å². The molecule has 6 heteroatoms. The second kappa shape index (κ2) is 7.78. The van der Waals surface area contributed by atoms with Crippen LogP contribution in [0.25, 0.3) is 5.69 Å². The van der Waals surface area contributed by atoms with Crippen LogP contribution < -0.4 is 5.43 Å². The Hall–Kier alpha value is -3.25. The van der Waals surface area contributed by atoms with Crippen molar-refractivity contribution in [1.29, 1.82) is 0 Å². The fourth-order valence-corrected chi connectivity index (χ4v) is 3.38. The molecule has 3 aromatic rings. The van der Waals surface area contributed by atoms with E-state index in [1.54, 1.807) is 16.5 Å². The van der Waals surface area contributed by atoms with Gasteiger partial charge < -0.3 is 9.64 Å². The summed E-state index contributed by atoms with van der Waals surface area (Å²) in [7, 11) is 0. The van der Waals surface area contributed by atoms with Gasteiger partial charge in [0.25, 0.3) is 5.91 Å². The standard InChI is InChI=1S/C22H21N3O3/c1-16-14-19(26)21(23-25(16)18-10-6-3-7-11-18)22(27)24-12-13-28-20(15-24)17-8-4-2-5-9-17/h2-11,14,20H,12-13,15H2,1H3. The van der Waals surface area contributed by atoms with E-state index in [0.29, 0.717) is 25.4 Å². The van der Waals surface area contributed by atoms with Crippen molar-refractivity contribution in [2.45, 2.75) is 13.0 Å². The van der Waals surface area contributed by atoms with Crippen LogP contribution in [0.15, 0.2) is 71.5 Å². The van der Waals surface area contributed by atoms with Crippen LogP contribution >= 0.6 is 0 Å². The molecule has 1 fully saturated rings. The van der Waals surface area contributed by atoms with Gasteiger partial charge in [-0.25, -0.2) is 4.68 Å². The molecule has 2 heterocycles. The van der Waals surface area contributed by atoms with E-state index in [0.717, 1.165) is 11.3 Å². The smallest absolute Gasteiger partial charge is 0.278 e. The molecule has 0 radical (unpaired) electrons. The van der Waals surface area contributed by atoms with E-state index < -0.39 is 0 Å². The summed E-state index contributed by atoms with van der Waals surface area (Å²) < 4.78 is 7.45. The number of rotatable bonds is 3. The maximum atomic E-state index is 13.1. The molecule has 0 spiro atoms. The molecule has 0 aliphatic carbocycles. The summed E-state index contributed by atoms with van der Waals surface area (Å²) in [6.45, 7) is 3.05. The fourth-order valence-electron chi connectivity index (χ4n) is 3.38. The number of amides is 1. The number of aromatic nitrogens is 2. The zero-order valence-electron chi connectivity index (χ0n) is 15.6. The van der Waals surface area contributed by atoms with Crippen molar-refractivity contribution in [2.24, 2.45) is 0 Å². The lowest BCUT2D eigenvalue weighted by molar-refractivity contribution is -0.0231. The Morgan fingerprint density at radius 2 is 1.75 bits per heavy atom. The molecule has 6 nitrogen and oxygen atoms in total. The van der Waals surface area contributed by atoms with Crippen LogP contribution in [0.4, 0.5) is 0 Å². The first-order valence-electron chi connectivity index (χ1n) is 9.26. The molecule has 1 amide bonds. The van der Waals surface area contributed by atoms with Crippen LogP contribution in [0.3, 0.4) is 0 Å². The van der Waals surface area contributed by atoms with Crippen LogP contribution in [0.1, 0.15) is 27.8 Å². The lowest BCUT2D eigenvalue weighted by Crippen LogP contribution is -2.44. The number of carbonyl (C=O) groups is 1. The molecule has 1 aromatic heterocycles. The molecule has 142 valence electrons.